The number of aromatic carboxylic acids is 1. The van der Waals surface area contributed by atoms with Gasteiger partial charge in [0.15, 0.2) is 0 Å². The molecule has 0 bridgehead atoms. The quantitative estimate of drug-likeness (QED) is 0.652. The maximum Gasteiger partial charge on any atom is 0.337 e. The van der Waals surface area contributed by atoms with Gasteiger partial charge in [0.05, 0.1) is 17.0 Å². The Kier molecular flexibility index (Phi) is 6.16. The molecule has 1 aromatic carbocycles. The van der Waals surface area contributed by atoms with Crippen molar-refractivity contribution in [1.82, 2.24) is 5.32 Å². The minimum Gasteiger partial charge on any atom is -0.478 e. The average Bonchev–Trinajstić information content (AvgIpc) is 2.35. The highest BCUT2D eigenvalue weighted by atomic mass is 79.9. The molecule has 1 rings (SSSR count). The number of carbonyl (C=O) groups is 2. The summed E-state index contributed by atoms with van der Waals surface area (Å²) in [7, 11) is -3.06. The van der Waals surface area contributed by atoms with Crippen molar-refractivity contribution in [2.24, 2.45) is 0 Å². The van der Waals surface area contributed by atoms with Crippen LogP contribution in [0, 0.1) is 0 Å². The molecule has 7 nitrogen and oxygen atoms in total. The highest BCUT2D eigenvalue weighted by Crippen LogP contribution is 2.26. The second-order valence-electron chi connectivity index (χ2n) is 4.33. The minimum absolute atomic E-state index is 0.0251. The van der Waals surface area contributed by atoms with Crippen LogP contribution < -0.4 is 10.6 Å². The molecule has 116 valence electrons. The van der Waals surface area contributed by atoms with Crippen LogP contribution in [0.1, 0.15) is 16.8 Å². The van der Waals surface area contributed by atoms with Gasteiger partial charge in [-0.3, -0.25) is 0 Å². The Morgan fingerprint density at radius 2 is 2.00 bits per heavy atom. The molecule has 0 saturated carbocycles. The van der Waals surface area contributed by atoms with Gasteiger partial charge in [0.2, 0.25) is 0 Å². The SMILES string of the molecule is CS(=O)(=O)CCCNC(=O)Nc1c(Br)cccc1C(=O)O. The van der Waals surface area contributed by atoms with Crippen molar-refractivity contribution in [1.29, 1.82) is 0 Å². The van der Waals surface area contributed by atoms with Gasteiger partial charge in [-0.25, -0.2) is 18.0 Å². The van der Waals surface area contributed by atoms with Crippen LogP contribution in [-0.2, 0) is 9.84 Å². The van der Waals surface area contributed by atoms with Gasteiger partial charge in [-0.2, -0.15) is 0 Å². The summed E-state index contributed by atoms with van der Waals surface area (Å²) in [5.74, 6) is -1.19. The summed E-state index contributed by atoms with van der Waals surface area (Å²) < 4.78 is 22.3. The topological polar surface area (TPSA) is 113 Å². The van der Waals surface area contributed by atoms with Crippen LogP contribution in [0.25, 0.3) is 0 Å². The largest absolute Gasteiger partial charge is 0.478 e. The Bertz CT molecular complexity index is 645. The average molecular weight is 379 g/mol. The first kappa shape index (κ1) is 17.4. The Hall–Kier alpha value is -1.61. The highest BCUT2D eigenvalue weighted by molar-refractivity contribution is 9.10. The Morgan fingerprint density at radius 1 is 1.33 bits per heavy atom. The maximum absolute atomic E-state index is 11.7. The summed E-state index contributed by atoms with van der Waals surface area (Å²) in [6.45, 7) is 0.172. The van der Waals surface area contributed by atoms with Crippen LogP contribution in [0.15, 0.2) is 22.7 Å². The van der Waals surface area contributed by atoms with E-state index in [0.717, 1.165) is 6.26 Å². The zero-order chi connectivity index (χ0) is 16.0. The van der Waals surface area contributed by atoms with Crippen molar-refractivity contribution in [2.45, 2.75) is 6.42 Å². The zero-order valence-corrected chi connectivity index (χ0v) is 13.6. The summed E-state index contributed by atoms with van der Waals surface area (Å²) >= 11 is 3.17. The number of carboxylic acids is 1. The predicted octanol–water partition coefficient (Wildman–Crippen LogP) is 1.70. The molecule has 2 amide bonds. The number of benzene rings is 1. The summed E-state index contributed by atoms with van der Waals surface area (Å²) in [6, 6.07) is 3.92. The van der Waals surface area contributed by atoms with Crippen LogP contribution >= 0.6 is 15.9 Å². The number of hydrogen-bond donors (Lipinski definition) is 3. The lowest BCUT2D eigenvalue weighted by Gasteiger charge is -2.11. The fourth-order valence-corrected chi connectivity index (χ4v) is 2.66. The molecule has 21 heavy (non-hydrogen) atoms. The van der Waals surface area contributed by atoms with E-state index < -0.39 is 21.8 Å². The van der Waals surface area contributed by atoms with E-state index in [1.54, 1.807) is 12.1 Å². The number of urea groups is 1. The van der Waals surface area contributed by atoms with Crippen molar-refractivity contribution in [3.63, 3.8) is 0 Å². The standard InChI is InChI=1S/C12H15BrN2O5S/c1-21(19,20)7-3-6-14-12(18)15-10-8(11(16)17)4-2-5-9(10)13/h2,4-5H,3,6-7H2,1H3,(H,16,17)(H2,14,15,18). The molecule has 0 aliphatic heterocycles. The number of para-hydroxylation sites is 1. The van der Waals surface area contributed by atoms with Crippen LogP contribution in [0.2, 0.25) is 0 Å². The van der Waals surface area contributed by atoms with E-state index in [9.17, 15) is 18.0 Å². The first-order valence-corrected chi connectivity index (χ1v) is 8.80. The van der Waals surface area contributed by atoms with E-state index in [1.165, 1.54) is 6.07 Å². The highest BCUT2D eigenvalue weighted by Gasteiger charge is 2.15. The summed E-state index contributed by atoms with van der Waals surface area (Å²) in [5, 5.41) is 13.9. The Labute approximate surface area is 130 Å². The second-order valence-corrected chi connectivity index (χ2v) is 7.45. The van der Waals surface area contributed by atoms with Gasteiger partial charge in [-0.1, -0.05) is 6.07 Å². The molecule has 0 fully saturated rings. The van der Waals surface area contributed by atoms with Crippen molar-refractivity contribution in [3.05, 3.63) is 28.2 Å². The number of carboxylic acid groups (broad SMARTS) is 1. The predicted molar refractivity (Wildman–Crippen MR) is 82.5 cm³/mol. The van der Waals surface area contributed by atoms with Gasteiger partial charge in [0.1, 0.15) is 9.84 Å². The molecular weight excluding hydrogens is 364 g/mol. The number of anilines is 1. The number of rotatable bonds is 6. The number of sulfone groups is 1. The second kappa shape index (κ2) is 7.41. The molecule has 0 saturated heterocycles. The number of amides is 2. The fraction of sp³-hybridized carbons (Fsp3) is 0.333. The smallest absolute Gasteiger partial charge is 0.337 e. The Morgan fingerprint density at radius 3 is 2.57 bits per heavy atom. The monoisotopic (exact) mass is 378 g/mol. The lowest BCUT2D eigenvalue weighted by atomic mass is 10.2. The Balaban J connectivity index is 2.61. The van der Waals surface area contributed by atoms with Gasteiger partial charge in [-0.15, -0.1) is 0 Å². The molecule has 0 spiro atoms. The van der Waals surface area contributed by atoms with Crippen LogP contribution in [-0.4, -0.2) is 44.1 Å². The third-order valence-electron chi connectivity index (χ3n) is 2.46. The lowest BCUT2D eigenvalue weighted by Crippen LogP contribution is -2.31. The van der Waals surface area contributed by atoms with E-state index in [0.29, 0.717) is 4.47 Å². The van der Waals surface area contributed by atoms with E-state index in [1.807, 2.05) is 0 Å². The van der Waals surface area contributed by atoms with Crippen molar-refractivity contribution < 1.29 is 23.1 Å². The molecule has 1 aromatic rings. The van der Waals surface area contributed by atoms with Gasteiger partial charge < -0.3 is 15.7 Å². The van der Waals surface area contributed by atoms with E-state index >= 15 is 0 Å². The number of hydrogen-bond acceptors (Lipinski definition) is 4. The molecule has 0 heterocycles. The molecule has 9 heteroatoms. The van der Waals surface area contributed by atoms with Gasteiger partial charge in [0.25, 0.3) is 0 Å². The van der Waals surface area contributed by atoms with E-state index in [-0.39, 0.29) is 30.0 Å². The minimum atomic E-state index is -3.06. The maximum atomic E-state index is 11.7. The summed E-state index contributed by atoms with van der Waals surface area (Å²) in [4.78, 5) is 22.7. The van der Waals surface area contributed by atoms with Gasteiger partial charge >= 0.3 is 12.0 Å². The molecule has 0 unspecified atom stereocenters. The van der Waals surface area contributed by atoms with E-state index in [2.05, 4.69) is 26.6 Å². The first-order valence-electron chi connectivity index (χ1n) is 5.95. The number of nitrogens with one attached hydrogen (secondary N) is 2. The summed E-state index contributed by atoms with van der Waals surface area (Å²) in [5.41, 5.74) is 0.0984. The molecule has 0 radical (unpaired) electrons. The number of carbonyl (C=O) groups excluding carboxylic acids is 1. The zero-order valence-electron chi connectivity index (χ0n) is 11.2. The van der Waals surface area contributed by atoms with Crippen molar-refractivity contribution in [3.8, 4) is 0 Å². The van der Waals surface area contributed by atoms with Crippen molar-refractivity contribution >= 4 is 43.5 Å². The summed E-state index contributed by atoms with van der Waals surface area (Å²) in [6.07, 6.45) is 1.40. The third kappa shape index (κ3) is 6.13. The third-order valence-corrected chi connectivity index (χ3v) is 4.15. The van der Waals surface area contributed by atoms with Crippen LogP contribution in [0.4, 0.5) is 10.5 Å². The lowest BCUT2D eigenvalue weighted by molar-refractivity contribution is 0.0698. The molecule has 0 aliphatic carbocycles. The van der Waals surface area contributed by atoms with Gasteiger partial charge in [-0.05, 0) is 34.5 Å². The number of halogens is 1. The molecule has 0 aromatic heterocycles. The van der Waals surface area contributed by atoms with Gasteiger partial charge in [0, 0.05) is 17.3 Å². The molecule has 0 aliphatic rings. The van der Waals surface area contributed by atoms with Crippen LogP contribution in [0.3, 0.4) is 0 Å². The van der Waals surface area contributed by atoms with Crippen molar-refractivity contribution in [2.75, 3.05) is 23.9 Å². The molecule has 0 atom stereocenters. The molecule has 3 N–H and O–H groups in total. The van der Waals surface area contributed by atoms with E-state index in [4.69, 9.17) is 5.11 Å². The fourth-order valence-electron chi connectivity index (χ4n) is 1.52. The van der Waals surface area contributed by atoms with Crippen LogP contribution in [0.5, 0.6) is 0 Å². The normalized spacial score (nSPS) is 11.0. The molecular formula is C12H15BrN2O5S. The first-order chi connectivity index (χ1) is 9.70.